The molecule has 0 saturated heterocycles. The maximum atomic E-state index is 12.5. The highest BCUT2D eigenvalue weighted by molar-refractivity contribution is 7.99. The summed E-state index contributed by atoms with van der Waals surface area (Å²) in [6, 6.07) is 7.58. The zero-order chi connectivity index (χ0) is 22.5. The monoisotopic (exact) mass is 470 g/mol. The van der Waals surface area contributed by atoms with Gasteiger partial charge < -0.3 is 19.2 Å². The molecule has 0 bridgehead atoms. The van der Waals surface area contributed by atoms with Crippen LogP contribution in [0.25, 0.3) is 11.5 Å². The molecule has 3 aromatic rings. The van der Waals surface area contributed by atoms with Crippen LogP contribution in [0.4, 0.5) is 5.00 Å². The molecule has 1 amide bonds. The summed E-state index contributed by atoms with van der Waals surface area (Å²) in [6.45, 7) is 0. The van der Waals surface area contributed by atoms with Gasteiger partial charge in [-0.15, -0.1) is 21.5 Å². The Labute approximate surface area is 193 Å². The normalized spacial score (nSPS) is 13.0. The molecule has 4 rings (SSSR count). The number of hydrogen-bond donors (Lipinski definition) is 1. The summed E-state index contributed by atoms with van der Waals surface area (Å²) in [6.07, 6.45) is 5.27. The lowest BCUT2D eigenvalue weighted by molar-refractivity contribution is -0.113. The number of aromatic nitrogens is 2. The molecule has 0 spiro atoms. The van der Waals surface area contributed by atoms with Gasteiger partial charge in [-0.1, -0.05) is 18.2 Å². The van der Waals surface area contributed by atoms with E-state index in [9.17, 15) is 10.1 Å². The van der Waals surface area contributed by atoms with Gasteiger partial charge in [-0.05, 0) is 49.4 Å². The second kappa shape index (κ2) is 10.1. The number of anilines is 1. The van der Waals surface area contributed by atoms with Gasteiger partial charge in [0, 0.05) is 10.4 Å². The third-order valence-corrected chi connectivity index (χ3v) is 7.18. The van der Waals surface area contributed by atoms with Gasteiger partial charge in [-0.3, -0.25) is 4.79 Å². The van der Waals surface area contributed by atoms with E-state index in [1.807, 2.05) is 0 Å². The minimum absolute atomic E-state index is 0.0982. The Balaban J connectivity index is 1.40. The minimum atomic E-state index is -0.214. The number of methoxy groups -OCH3 is 2. The number of carbonyl (C=O) groups excluding carboxylic acids is 1. The highest BCUT2D eigenvalue weighted by atomic mass is 32.2. The Kier molecular flexibility index (Phi) is 6.97. The largest absolute Gasteiger partial charge is 0.493 e. The summed E-state index contributed by atoms with van der Waals surface area (Å²) in [5.41, 5.74) is 2.40. The molecule has 1 aliphatic rings. The van der Waals surface area contributed by atoms with Crippen LogP contribution < -0.4 is 14.8 Å². The molecular weight excluding hydrogens is 448 g/mol. The first-order valence-electron chi connectivity index (χ1n) is 10.2. The van der Waals surface area contributed by atoms with Gasteiger partial charge in [0.15, 0.2) is 11.5 Å². The Hall–Kier alpha value is -3.03. The number of aryl methyl sites for hydroxylation is 1. The molecule has 1 N–H and O–H groups in total. The molecule has 1 aliphatic carbocycles. The van der Waals surface area contributed by atoms with Gasteiger partial charge >= 0.3 is 0 Å². The van der Waals surface area contributed by atoms with E-state index in [2.05, 4.69) is 21.6 Å². The van der Waals surface area contributed by atoms with Crippen molar-refractivity contribution in [2.45, 2.75) is 37.3 Å². The number of hydrogen-bond acceptors (Lipinski definition) is 9. The predicted molar refractivity (Wildman–Crippen MR) is 122 cm³/mol. The smallest absolute Gasteiger partial charge is 0.277 e. The van der Waals surface area contributed by atoms with E-state index in [0.29, 0.717) is 33.5 Å². The van der Waals surface area contributed by atoms with Gasteiger partial charge in [-0.25, -0.2) is 0 Å². The van der Waals surface area contributed by atoms with Crippen molar-refractivity contribution in [2.75, 3.05) is 25.3 Å². The number of nitrogens with zero attached hydrogens (tertiary/aromatic N) is 3. The predicted octanol–water partition coefficient (Wildman–Crippen LogP) is 4.69. The van der Waals surface area contributed by atoms with Crippen molar-refractivity contribution in [1.82, 2.24) is 10.2 Å². The molecule has 0 unspecified atom stereocenters. The van der Waals surface area contributed by atoms with Crippen LogP contribution in [-0.4, -0.2) is 36.1 Å². The summed E-state index contributed by atoms with van der Waals surface area (Å²) in [7, 11) is 3.12. The van der Waals surface area contributed by atoms with Crippen molar-refractivity contribution in [3.05, 3.63) is 34.2 Å². The molecule has 0 aliphatic heterocycles. The lowest BCUT2D eigenvalue weighted by Crippen LogP contribution is -2.14. The SMILES string of the molecule is COc1ccc(-c2nnc(SCC(=O)Nc3sc4c(c3C#N)CCCCC4)o2)cc1OC. The number of fused-ring (bicyclic) bond motifs is 1. The minimum Gasteiger partial charge on any atom is -0.493 e. The quantitative estimate of drug-likeness (QED) is 0.391. The van der Waals surface area contributed by atoms with Gasteiger partial charge in [0.05, 0.1) is 25.5 Å². The van der Waals surface area contributed by atoms with E-state index in [0.717, 1.165) is 43.0 Å². The number of thiophene rings is 1. The molecule has 2 aromatic heterocycles. The van der Waals surface area contributed by atoms with Crippen LogP contribution in [0.3, 0.4) is 0 Å². The number of rotatable bonds is 7. The van der Waals surface area contributed by atoms with Crippen molar-refractivity contribution < 1.29 is 18.7 Å². The van der Waals surface area contributed by atoms with Crippen molar-refractivity contribution >= 4 is 34.0 Å². The molecule has 0 radical (unpaired) electrons. The zero-order valence-corrected chi connectivity index (χ0v) is 19.4. The van der Waals surface area contributed by atoms with E-state index >= 15 is 0 Å². The fourth-order valence-corrected chi connectivity index (χ4v) is 5.41. The van der Waals surface area contributed by atoms with Crippen molar-refractivity contribution in [1.29, 1.82) is 5.26 Å². The zero-order valence-electron chi connectivity index (χ0n) is 17.8. The van der Waals surface area contributed by atoms with E-state index < -0.39 is 0 Å². The van der Waals surface area contributed by atoms with Crippen LogP contribution in [0.15, 0.2) is 27.8 Å². The third-order valence-electron chi connectivity index (χ3n) is 5.15. The third kappa shape index (κ3) is 4.74. The molecule has 32 heavy (non-hydrogen) atoms. The summed E-state index contributed by atoms with van der Waals surface area (Å²) >= 11 is 2.67. The number of ether oxygens (including phenoxy) is 2. The van der Waals surface area contributed by atoms with E-state index in [-0.39, 0.29) is 16.9 Å². The van der Waals surface area contributed by atoms with Crippen LogP contribution in [-0.2, 0) is 17.6 Å². The van der Waals surface area contributed by atoms with Gasteiger partial charge in [0.25, 0.3) is 5.22 Å². The van der Waals surface area contributed by atoms with E-state index in [1.54, 1.807) is 32.4 Å². The highest BCUT2D eigenvalue weighted by Gasteiger charge is 2.21. The summed E-state index contributed by atoms with van der Waals surface area (Å²) < 4.78 is 16.2. The first-order chi connectivity index (χ1) is 15.6. The number of benzene rings is 1. The molecule has 0 saturated carbocycles. The topological polar surface area (TPSA) is 110 Å². The number of thioether (sulfide) groups is 1. The molecule has 2 heterocycles. The van der Waals surface area contributed by atoms with Crippen LogP contribution >= 0.6 is 23.1 Å². The number of nitriles is 1. The van der Waals surface area contributed by atoms with E-state index in [1.165, 1.54) is 22.6 Å². The van der Waals surface area contributed by atoms with Crippen LogP contribution in [0, 0.1) is 11.3 Å². The van der Waals surface area contributed by atoms with Crippen LogP contribution in [0.2, 0.25) is 0 Å². The average Bonchev–Trinajstić information content (AvgIpc) is 3.34. The number of amides is 1. The molecule has 8 nitrogen and oxygen atoms in total. The van der Waals surface area contributed by atoms with Crippen molar-refractivity contribution in [2.24, 2.45) is 0 Å². The van der Waals surface area contributed by atoms with Gasteiger partial charge in [0.2, 0.25) is 11.8 Å². The van der Waals surface area contributed by atoms with Gasteiger partial charge in [0.1, 0.15) is 11.1 Å². The second-order valence-electron chi connectivity index (χ2n) is 7.16. The van der Waals surface area contributed by atoms with Crippen LogP contribution in [0.1, 0.15) is 35.3 Å². The fourth-order valence-electron chi connectivity index (χ4n) is 3.59. The number of carbonyl (C=O) groups is 1. The Morgan fingerprint density at radius 2 is 2.03 bits per heavy atom. The summed E-state index contributed by atoms with van der Waals surface area (Å²) in [4.78, 5) is 13.7. The Morgan fingerprint density at radius 1 is 1.22 bits per heavy atom. The number of nitrogens with one attached hydrogen (secondary N) is 1. The Morgan fingerprint density at radius 3 is 2.81 bits per heavy atom. The first-order valence-corrected chi connectivity index (χ1v) is 12.0. The lowest BCUT2D eigenvalue weighted by atomic mass is 10.1. The molecule has 1 aromatic carbocycles. The summed E-state index contributed by atoms with van der Waals surface area (Å²) in [5, 5.41) is 21.5. The van der Waals surface area contributed by atoms with Crippen LogP contribution in [0.5, 0.6) is 11.5 Å². The standard InChI is InChI=1S/C22H22N4O4S2/c1-28-16-9-8-13(10-17(16)29-2)20-25-26-22(30-20)31-12-19(27)24-21-15(11-23)14-6-4-3-5-7-18(14)32-21/h8-10H,3-7,12H2,1-2H3,(H,24,27). The van der Waals surface area contributed by atoms with Gasteiger partial charge in [-0.2, -0.15) is 5.26 Å². The summed E-state index contributed by atoms with van der Waals surface area (Å²) in [5.74, 6) is 1.36. The molecule has 166 valence electrons. The maximum Gasteiger partial charge on any atom is 0.277 e. The van der Waals surface area contributed by atoms with Crippen molar-refractivity contribution in [3.63, 3.8) is 0 Å². The molecule has 0 fully saturated rings. The molecular formula is C22H22N4O4S2. The highest BCUT2D eigenvalue weighted by Crippen LogP contribution is 2.37. The average molecular weight is 471 g/mol. The second-order valence-corrected chi connectivity index (χ2v) is 9.19. The molecule has 10 heteroatoms. The molecule has 0 atom stereocenters. The Bertz CT molecular complexity index is 1170. The van der Waals surface area contributed by atoms with Crippen molar-refractivity contribution in [3.8, 4) is 29.0 Å². The van der Waals surface area contributed by atoms with E-state index in [4.69, 9.17) is 13.9 Å². The first kappa shape index (κ1) is 22.2. The maximum absolute atomic E-state index is 12.5. The fraction of sp³-hybridized carbons (Fsp3) is 0.364. The lowest BCUT2D eigenvalue weighted by Gasteiger charge is -2.07.